The highest BCUT2D eigenvalue weighted by Crippen LogP contribution is 2.17. The quantitative estimate of drug-likeness (QED) is 0.694. The Morgan fingerprint density at radius 3 is 2.74 bits per heavy atom. The Hall–Kier alpha value is -0.940. The number of nitrogens with two attached hydrogens (primary N) is 1. The maximum atomic E-state index is 10.2. The van der Waals surface area contributed by atoms with Crippen LogP contribution in [0, 0.1) is 0 Å². The molecular weight excluding hydrogens is 240 g/mol. The van der Waals surface area contributed by atoms with Gasteiger partial charge in [-0.25, -0.2) is 0 Å². The van der Waals surface area contributed by atoms with E-state index in [1.54, 1.807) is 0 Å². The van der Waals surface area contributed by atoms with Gasteiger partial charge in [0, 0.05) is 18.6 Å². The molecule has 3 unspecified atom stereocenters. The molecule has 0 bridgehead atoms. The number of β-amino-alcohol motifs (C(OH)–C–C–N with tert-alkyl or cyclic N) is 1. The molecule has 19 heavy (non-hydrogen) atoms. The highest BCUT2D eigenvalue weighted by atomic mass is 16.3. The van der Waals surface area contributed by atoms with Gasteiger partial charge in [0.1, 0.15) is 0 Å². The van der Waals surface area contributed by atoms with Crippen molar-refractivity contribution < 1.29 is 10.2 Å². The molecule has 3 atom stereocenters. The fraction of sp³-hybridized carbons (Fsp3) is 0.600. The van der Waals surface area contributed by atoms with E-state index in [2.05, 4.69) is 4.90 Å². The molecule has 0 aromatic heterocycles. The third-order valence-corrected chi connectivity index (χ3v) is 3.94. The third-order valence-electron chi connectivity index (χ3n) is 3.94. The summed E-state index contributed by atoms with van der Waals surface area (Å²) in [5, 5.41) is 19.5. The molecule has 0 aliphatic carbocycles. The van der Waals surface area contributed by atoms with Gasteiger partial charge >= 0.3 is 0 Å². The zero-order chi connectivity index (χ0) is 13.7. The van der Waals surface area contributed by atoms with Crippen LogP contribution in [0.3, 0.4) is 0 Å². The SMILES string of the molecule is NC(Cc1ccccc1)C(O)CN1CCCC1CO. The van der Waals surface area contributed by atoms with Gasteiger partial charge in [-0.15, -0.1) is 0 Å². The van der Waals surface area contributed by atoms with Gasteiger partial charge in [-0.1, -0.05) is 30.3 Å². The lowest BCUT2D eigenvalue weighted by Gasteiger charge is -2.28. The molecule has 4 heteroatoms. The van der Waals surface area contributed by atoms with Crippen molar-refractivity contribution in [3.05, 3.63) is 35.9 Å². The van der Waals surface area contributed by atoms with E-state index in [-0.39, 0.29) is 18.7 Å². The number of likely N-dealkylation sites (tertiary alicyclic amines) is 1. The number of aliphatic hydroxyl groups is 2. The molecule has 1 aromatic rings. The lowest BCUT2D eigenvalue weighted by Crippen LogP contribution is -2.46. The van der Waals surface area contributed by atoms with Gasteiger partial charge in [0.05, 0.1) is 12.7 Å². The molecule has 1 aliphatic rings. The van der Waals surface area contributed by atoms with Crippen LogP contribution in [0.1, 0.15) is 18.4 Å². The second-order valence-electron chi connectivity index (χ2n) is 5.39. The molecule has 1 saturated heterocycles. The van der Waals surface area contributed by atoms with Crippen LogP contribution >= 0.6 is 0 Å². The summed E-state index contributed by atoms with van der Waals surface area (Å²) in [5.41, 5.74) is 7.22. The van der Waals surface area contributed by atoms with Gasteiger partial charge in [0.2, 0.25) is 0 Å². The van der Waals surface area contributed by atoms with Crippen LogP contribution in [0.2, 0.25) is 0 Å². The van der Waals surface area contributed by atoms with Crippen LogP contribution in [-0.2, 0) is 6.42 Å². The first-order chi connectivity index (χ1) is 9.20. The lowest BCUT2D eigenvalue weighted by atomic mass is 10.0. The van der Waals surface area contributed by atoms with Crippen LogP contribution in [0.25, 0.3) is 0 Å². The molecule has 0 saturated carbocycles. The van der Waals surface area contributed by atoms with E-state index < -0.39 is 6.10 Å². The van der Waals surface area contributed by atoms with Crippen molar-refractivity contribution in [2.75, 3.05) is 19.7 Å². The molecule has 2 rings (SSSR count). The van der Waals surface area contributed by atoms with E-state index in [1.165, 1.54) is 0 Å². The van der Waals surface area contributed by atoms with Gasteiger partial charge in [0.25, 0.3) is 0 Å². The average Bonchev–Trinajstić information content (AvgIpc) is 2.87. The first kappa shape index (κ1) is 14.5. The van der Waals surface area contributed by atoms with Crippen molar-refractivity contribution in [1.82, 2.24) is 4.90 Å². The third kappa shape index (κ3) is 4.01. The van der Waals surface area contributed by atoms with Crippen LogP contribution in [0.15, 0.2) is 30.3 Å². The summed E-state index contributed by atoms with van der Waals surface area (Å²) >= 11 is 0. The minimum absolute atomic E-state index is 0.167. The number of rotatable bonds is 6. The maximum absolute atomic E-state index is 10.2. The number of nitrogens with zero attached hydrogens (tertiary/aromatic N) is 1. The second-order valence-corrected chi connectivity index (χ2v) is 5.39. The highest BCUT2D eigenvalue weighted by Gasteiger charge is 2.27. The van der Waals surface area contributed by atoms with Crippen molar-refractivity contribution in [2.45, 2.75) is 37.5 Å². The zero-order valence-corrected chi connectivity index (χ0v) is 11.3. The number of hydrogen-bond acceptors (Lipinski definition) is 4. The van der Waals surface area contributed by atoms with E-state index in [0.717, 1.165) is 24.9 Å². The molecule has 106 valence electrons. The standard InChI is InChI=1S/C15H24N2O2/c16-14(9-12-5-2-1-3-6-12)15(19)10-17-8-4-7-13(17)11-18/h1-3,5-6,13-15,18-19H,4,7-11,16H2. The molecule has 1 heterocycles. The van der Waals surface area contributed by atoms with E-state index in [0.29, 0.717) is 13.0 Å². The Labute approximate surface area is 114 Å². The molecule has 1 aromatic carbocycles. The zero-order valence-electron chi connectivity index (χ0n) is 11.3. The number of aliphatic hydroxyl groups excluding tert-OH is 2. The highest BCUT2D eigenvalue weighted by molar-refractivity contribution is 5.16. The summed E-state index contributed by atoms with van der Waals surface area (Å²) < 4.78 is 0. The van der Waals surface area contributed by atoms with Crippen molar-refractivity contribution in [3.8, 4) is 0 Å². The minimum Gasteiger partial charge on any atom is -0.395 e. The second kappa shape index (κ2) is 7.01. The van der Waals surface area contributed by atoms with Crippen molar-refractivity contribution >= 4 is 0 Å². The fourth-order valence-electron chi connectivity index (χ4n) is 2.74. The molecule has 1 fully saturated rings. The van der Waals surface area contributed by atoms with Gasteiger partial charge < -0.3 is 15.9 Å². The fourth-order valence-corrected chi connectivity index (χ4v) is 2.74. The summed E-state index contributed by atoms with van der Waals surface area (Å²) in [6.07, 6.45) is 2.23. The minimum atomic E-state index is -0.549. The van der Waals surface area contributed by atoms with Crippen molar-refractivity contribution in [2.24, 2.45) is 5.73 Å². The molecule has 4 nitrogen and oxygen atoms in total. The number of hydrogen-bond donors (Lipinski definition) is 3. The Bertz CT molecular complexity index is 372. The maximum Gasteiger partial charge on any atom is 0.0821 e. The van der Waals surface area contributed by atoms with Gasteiger partial charge in [-0.2, -0.15) is 0 Å². The van der Waals surface area contributed by atoms with Gasteiger partial charge in [-0.3, -0.25) is 4.90 Å². The summed E-state index contributed by atoms with van der Waals surface area (Å²) in [6.45, 7) is 1.67. The summed E-state index contributed by atoms with van der Waals surface area (Å²) in [7, 11) is 0. The smallest absolute Gasteiger partial charge is 0.0821 e. The summed E-state index contributed by atoms with van der Waals surface area (Å²) in [6, 6.07) is 9.92. The Kier molecular flexibility index (Phi) is 5.34. The molecule has 0 radical (unpaired) electrons. The van der Waals surface area contributed by atoms with E-state index in [9.17, 15) is 10.2 Å². The molecule has 4 N–H and O–H groups in total. The van der Waals surface area contributed by atoms with Crippen LogP contribution in [0.4, 0.5) is 0 Å². The Balaban J connectivity index is 1.83. The van der Waals surface area contributed by atoms with E-state index >= 15 is 0 Å². The summed E-state index contributed by atoms with van der Waals surface area (Å²) in [5.74, 6) is 0. The molecule has 1 aliphatic heterocycles. The number of benzene rings is 1. The normalized spacial score (nSPS) is 23.4. The van der Waals surface area contributed by atoms with Crippen LogP contribution < -0.4 is 5.73 Å². The first-order valence-electron chi connectivity index (χ1n) is 7.03. The predicted octanol–water partition coefficient (Wildman–Crippen LogP) is 0.374. The summed E-state index contributed by atoms with van der Waals surface area (Å²) in [4.78, 5) is 2.15. The van der Waals surface area contributed by atoms with Crippen molar-refractivity contribution in [1.29, 1.82) is 0 Å². The van der Waals surface area contributed by atoms with E-state index in [1.807, 2.05) is 30.3 Å². The first-order valence-corrected chi connectivity index (χ1v) is 7.03. The van der Waals surface area contributed by atoms with Crippen molar-refractivity contribution in [3.63, 3.8) is 0 Å². The molecular formula is C15H24N2O2. The van der Waals surface area contributed by atoms with E-state index in [4.69, 9.17) is 5.73 Å². The van der Waals surface area contributed by atoms with Crippen LogP contribution in [-0.4, -0.2) is 53.0 Å². The molecule has 0 spiro atoms. The Morgan fingerprint density at radius 1 is 1.32 bits per heavy atom. The van der Waals surface area contributed by atoms with Gasteiger partial charge in [0.15, 0.2) is 0 Å². The lowest BCUT2D eigenvalue weighted by molar-refractivity contribution is 0.0697. The van der Waals surface area contributed by atoms with Gasteiger partial charge in [-0.05, 0) is 31.4 Å². The van der Waals surface area contributed by atoms with Crippen LogP contribution in [0.5, 0.6) is 0 Å². The topological polar surface area (TPSA) is 69.7 Å². The predicted molar refractivity (Wildman–Crippen MR) is 75.8 cm³/mol. The molecule has 0 amide bonds. The monoisotopic (exact) mass is 264 g/mol. The largest absolute Gasteiger partial charge is 0.395 e. The average molecular weight is 264 g/mol. The Morgan fingerprint density at radius 2 is 2.05 bits per heavy atom.